The molecule has 0 unspecified atom stereocenters. The van der Waals surface area contributed by atoms with Crippen molar-refractivity contribution in [3.05, 3.63) is 64.2 Å². The molecule has 2 amide bonds. The van der Waals surface area contributed by atoms with Crippen LogP contribution in [0, 0.1) is 23.0 Å². The normalized spacial score (nSPS) is 16.8. The first kappa shape index (κ1) is 16.6. The second-order valence-corrected chi connectivity index (χ2v) is 6.04. The Morgan fingerprint density at radius 2 is 1.96 bits per heavy atom. The first-order valence-electron chi connectivity index (χ1n) is 7.86. The SMILES string of the molecule is Cc1cccc(NC(=O)[C@@H]2CC(=O)N(c3ccc([N+](=O)[O-])cc3)C2)c1. The third-order valence-electron chi connectivity index (χ3n) is 4.15. The van der Waals surface area contributed by atoms with Crippen LogP contribution in [0.15, 0.2) is 48.5 Å². The average Bonchev–Trinajstić information content (AvgIpc) is 2.97. The predicted octanol–water partition coefficient (Wildman–Crippen LogP) is 2.89. The lowest BCUT2D eigenvalue weighted by atomic mass is 10.1. The fourth-order valence-electron chi connectivity index (χ4n) is 2.85. The number of nitro benzene ring substituents is 1. The average molecular weight is 339 g/mol. The topological polar surface area (TPSA) is 92.6 Å². The Bertz CT molecular complexity index is 832. The minimum absolute atomic E-state index is 0.0378. The highest BCUT2D eigenvalue weighted by Gasteiger charge is 2.35. The van der Waals surface area contributed by atoms with Crippen LogP contribution in [0.4, 0.5) is 17.1 Å². The highest BCUT2D eigenvalue weighted by Crippen LogP contribution is 2.27. The molecule has 2 aromatic carbocycles. The summed E-state index contributed by atoms with van der Waals surface area (Å²) in [6.07, 6.45) is 0.120. The Hall–Kier alpha value is -3.22. The van der Waals surface area contributed by atoms with Gasteiger partial charge in [-0.15, -0.1) is 0 Å². The maximum Gasteiger partial charge on any atom is 0.269 e. The molecule has 3 rings (SSSR count). The van der Waals surface area contributed by atoms with Crippen molar-refractivity contribution >= 4 is 28.9 Å². The Morgan fingerprint density at radius 3 is 2.60 bits per heavy atom. The van der Waals surface area contributed by atoms with Gasteiger partial charge in [0.25, 0.3) is 5.69 Å². The largest absolute Gasteiger partial charge is 0.326 e. The van der Waals surface area contributed by atoms with Gasteiger partial charge in [-0.2, -0.15) is 0 Å². The van der Waals surface area contributed by atoms with E-state index in [-0.39, 0.29) is 30.5 Å². The number of hydrogen-bond acceptors (Lipinski definition) is 4. The molecule has 7 nitrogen and oxygen atoms in total. The van der Waals surface area contributed by atoms with Crippen LogP contribution in [-0.2, 0) is 9.59 Å². The number of anilines is 2. The van der Waals surface area contributed by atoms with Crippen LogP contribution >= 0.6 is 0 Å². The van der Waals surface area contributed by atoms with Crippen LogP contribution in [0.3, 0.4) is 0 Å². The number of benzene rings is 2. The van der Waals surface area contributed by atoms with Crippen molar-refractivity contribution in [2.24, 2.45) is 5.92 Å². The molecular weight excluding hydrogens is 322 g/mol. The minimum atomic E-state index is -0.492. The number of aryl methyl sites for hydroxylation is 1. The van der Waals surface area contributed by atoms with Crippen LogP contribution in [0.1, 0.15) is 12.0 Å². The van der Waals surface area contributed by atoms with Crippen molar-refractivity contribution in [1.29, 1.82) is 0 Å². The van der Waals surface area contributed by atoms with Crippen LogP contribution in [0.5, 0.6) is 0 Å². The lowest BCUT2D eigenvalue weighted by Crippen LogP contribution is -2.28. The molecule has 0 aromatic heterocycles. The summed E-state index contributed by atoms with van der Waals surface area (Å²) in [4.78, 5) is 36.3. The second kappa shape index (κ2) is 6.72. The smallest absolute Gasteiger partial charge is 0.269 e. The van der Waals surface area contributed by atoms with E-state index in [9.17, 15) is 19.7 Å². The van der Waals surface area contributed by atoms with E-state index < -0.39 is 10.8 Å². The molecule has 1 saturated heterocycles. The Balaban J connectivity index is 1.69. The summed E-state index contributed by atoms with van der Waals surface area (Å²) in [5.41, 5.74) is 2.25. The van der Waals surface area contributed by atoms with Gasteiger partial charge in [-0.3, -0.25) is 19.7 Å². The zero-order valence-corrected chi connectivity index (χ0v) is 13.6. The van der Waals surface area contributed by atoms with Crippen LogP contribution < -0.4 is 10.2 Å². The van der Waals surface area contributed by atoms with E-state index in [1.165, 1.54) is 29.2 Å². The summed E-state index contributed by atoms with van der Waals surface area (Å²) in [5, 5.41) is 13.5. The highest BCUT2D eigenvalue weighted by molar-refractivity contribution is 6.03. The van der Waals surface area contributed by atoms with Crippen molar-refractivity contribution in [3.63, 3.8) is 0 Å². The molecular formula is C18H17N3O4. The minimum Gasteiger partial charge on any atom is -0.326 e. The Kier molecular flexibility index (Phi) is 4.47. The molecule has 0 bridgehead atoms. The van der Waals surface area contributed by atoms with Gasteiger partial charge in [0.2, 0.25) is 11.8 Å². The summed E-state index contributed by atoms with van der Waals surface area (Å²) < 4.78 is 0. The molecule has 128 valence electrons. The van der Waals surface area contributed by atoms with Gasteiger partial charge in [0.1, 0.15) is 0 Å². The summed E-state index contributed by atoms with van der Waals surface area (Å²) in [5.74, 6) is -0.829. The van der Waals surface area contributed by atoms with Crippen molar-refractivity contribution in [2.75, 3.05) is 16.8 Å². The van der Waals surface area contributed by atoms with E-state index in [0.717, 1.165) is 5.56 Å². The summed E-state index contributed by atoms with van der Waals surface area (Å²) in [6.45, 7) is 2.19. The van der Waals surface area contributed by atoms with Gasteiger partial charge in [0.15, 0.2) is 0 Å². The van der Waals surface area contributed by atoms with E-state index in [4.69, 9.17) is 0 Å². The van der Waals surface area contributed by atoms with Gasteiger partial charge >= 0.3 is 0 Å². The molecule has 1 aliphatic heterocycles. The number of rotatable bonds is 4. The lowest BCUT2D eigenvalue weighted by molar-refractivity contribution is -0.384. The molecule has 1 fully saturated rings. The summed E-state index contributed by atoms with van der Waals surface area (Å²) in [6, 6.07) is 13.2. The summed E-state index contributed by atoms with van der Waals surface area (Å²) >= 11 is 0. The number of carbonyl (C=O) groups is 2. The molecule has 1 atom stereocenters. The molecule has 0 spiro atoms. The van der Waals surface area contributed by atoms with E-state index in [2.05, 4.69) is 5.32 Å². The van der Waals surface area contributed by atoms with Crippen molar-refractivity contribution in [3.8, 4) is 0 Å². The molecule has 2 aromatic rings. The first-order chi connectivity index (χ1) is 11.9. The molecule has 0 radical (unpaired) electrons. The molecule has 25 heavy (non-hydrogen) atoms. The van der Waals surface area contributed by atoms with Gasteiger partial charge in [-0.05, 0) is 36.8 Å². The fourth-order valence-corrected chi connectivity index (χ4v) is 2.85. The number of nitrogens with zero attached hydrogens (tertiary/aromatic N) is 2. The monoisotopic (exact) mass is 339 g/mol. The summed E-state index contributed by atoms with van der Waals surface area (Å²) in [7, 11) is 0. The predicted molar refractivity (Wildman–Crippen MR) is 93.4 cm³/mol. The van der Waals surface area contributed by atoms with Crippen molar-refractivity contribution in [1.82, 2.24) is 0 Å². The number of carbonyl (C=O) groups excluding carboxylic acids is 2. The first-order valence-corrected chi connectivity index (χ1v) is 7.86. The van der Waals surface area contributed by atoms with Gasteiger partial charge in [-0.25, -0.2) is 0 Å². The van der Waals surface area contributed by atoms with Gasteiger partial charge < -0.3 is 10.2 Å². The number of non-ortho nitro benzene ring substituents is 1. The number of nitro groups is 1. The van der Waals surface area contributed by atoms with Crippen LogP contribution in [0.2, 0.25) is 0 Å². The molecule has 1 heterocycles. The number of amides is 2. The van der Waals surface area contributed by atoms with E-state index in [1.807, 2.05) is 25.1 Å². The molecule has 1 N–H and O–H groups in total. The lowest BCUT2D eigenvalue weighted by Gasteiger charge is -2.16. The van der Waals surface area contributed by atoms with Crippen LogP contribution in [0.25, 0.3) is 0 Å². The maximum absolute atomic E-state index is 12.4. The zero-order chi connectivity index (χ0) is 18.0. The Morgan fingerprint density at radius 1 is 1.24 bits per heavy atom. The van der Waals surface area contributed by atoms with Crippen molar-refractivity contribution in [2.45, 2.75) is 13.3 Å². The zero-order valence-electron chi connectivity index (χ0n) is 13.6. The second-order valence-electron chi connectivity index (χ2n) is 6.04. The van der Waals surface area contributed by atoms with E-state index in [1.54, 1.807) is 6.07 Å². The molecule has 0 saturated carbocycles. The highest BCUT2D eigenvalue weighted by atomic mass is 16.6. The molecule has 1 aliphatic rings. The quantitative estimate of drug-likeness (QED) is 0.685. The Labute approximate surface area is 144 Å². The standard InChI is InChI=1S/C18H17N3O4/c1-12-3-2-4-14(9-12)19-18(23)13-10-17(22)20(11-13)15-5-7-16(8-6-15)21(24)25/h2-9,13H,10-11H2,1H3,(H,19,23)/t13-/m1/s1. The van der Waals surface area contributed by atoms with Gasteiger partial charge in [0.05, 0.1) is 10.8 Å². The van der Waals surface area contributed by atoms with Crippen LogP contribution in [-0.4, -0.2) is 23.3 Å². The third-order valence-corrected chi connectivity index (χ3v) is 4.15. The number of nitrogens with one attached hydrogen (secondary N) is 1. The molecule has 0 aliphatic carbocycles. The fraction of sp³-hybridized carbons (Fsp3) is 0.222. The van der Waals surface area contributed by atoms with E-state index in [0.29, 0.717) is 11.4 Å². The maximum atomic E-state index is 12.4. The number of hydrogen-bond donors (Lipinski definition) is 1. The van der Waals surface area contributed by atoms with E-state index >= 15 is 0 Å². The molecule has 7 heteroatoms. The van der Waals surface area contributed by atoms with Crippen molar-refractivity contribution < 1.29 is 14.5 Å². The third kappa shape index (κ3) is 3.65. The van der Waals surface area contributed by atoms with Gasteiger partial charge in [0, 0.05) is 36.5 Å². The van der Waals surface area contributed by atoms with Gasteiger partial charge in [-0.1, -0.05) is 12.1 Å².